The molecule has 0 radical (unpaired) electrons. The predicted octanol–water partition coefficient (Wildman–Crippen LogP) is 5.80. The lowest BCUT2D eigenvalue weighted by Gasteiger charge is -2.13. The maximum Gasteiger partial charge on any atom is 0.270 e. The van der Waals surface area contributed by atoms with Crippen molar-refractivity contribution in [3.63, 3.8) is 0 Å². The van der Waals surface area contributed by atoms with Gasteiger partial charge in [-0.2, -0.15) is 0 Å². The van der Waals surface area contributed by atoms with E-state index < -0.39 is 4.92 Å². The molecule has 0 saturated carbocycles. The highest BCUT2D eigenvalue weighted by atomic mass is 79.9. The number of halogens is 3. The van der Waals surface area contributed by atoms with Crippen LogP contribution in [0.15, 0.2) is 43.7 Å². The van der Waals surface area contributed by atoms with Gasteiger partial charge in [0, 0.05) is 32.1 Å². The molecule has 2 aromatic carbocycles. The number of benzene rings is 2. The van der Waals surface area contributed by atoms with Gasteiger partial charge in [-0.05, 0) is 68.1 Å². The third kappa shape index (κ3) is 4.05. The Hall–Kier alpha value is -0.920. The van der Waals surface area contributed by atoms with Crippen molar-refractivity contribution in [2.45, 2.75) is 13.5 Å². The third-order valence-electron chi connectivity index (χ3n) is 2.89. The van der Waals surface area contributed by atoms with Gasteiger partial charge in [0.15, 0.2) is 0 Å². The lowest BCUT2D eigenvalue weighted by molar-refractivity contribution is -0.384. The highest BCUT2D eigenvalue weighted by Gasteiger charge is 2.10. The van der Waals surface area contributed by atoms with Gasteiger partial charge < -0.3 is 5.32 Å². The van der Waals surface area contributed by atoms with Gasteiger partial charge in [0.2, 0.25) is 0 Å². The van der Waals surface area contributed by atoms with Crippen molar-refractivity contribution in [1.82, 2.24) is 0 Å². The van der Waals surface area contributed by atoms with Crippen LogP contribution in [-0.2, 0) is 6.54 Å². The molecular formula is C14H11Br3N2O2. The standard InChI is InChI=1S/C14H11Br3N2O2/c1-8-4-12(16)14(13(17)5-8)18-7-9-2-3-10(19(20)21)6-11(9)15/h2-6,18H,7H2,1H3. The quantitative estimate of drug-likeness (QED) is 0.446. The topological polar surface area (TPSA) is 55.2 Å². The molecule has 0 bridgehead atoms. The van der Waals surface area contributed by atoms with Crippen molar-refractivity contribution in [3.05, 3.63) is 65.0 Å². The number of aryl methyl sites for hydroxylation is 1. The van der Waals surface area contributed by atoms with Gasteiger partial charge >= 0.3 is 0 Å². The molecule has 2 aromatic rings. The zero-order chi connectivity index (χ0) is 15.6. The normalized spacial score (nSPS) is 10.5. The minimum Gasteiger partial charge on any atom is -0.379 e. The third-order valence-corrected chi connectivity index (χ3v) is 4.88. The van der Waals surface area contributed by atoms with Crippen molar-refractivity contribution in [2.24, 2.45) is 0 Å². The molecule has 0 unspecified atom stereocenters. The molecule has 0 aliphatic heterocycles. The first kappa shape index (κ1) is 16.5. The van der Waals surface area contributed by atoms with Crippen molar-refractivity contribution in [3.8, 4) is 0 Å². The van der Waals surface area contributed by atoms with Crippen LogP contribution in [0, 0.1) is 17.0 Å². The number of nitro benzene ring substituents is 1. The van der Waals surface area contributed by atoms with Crippen molar-refractivity contribution in [1.29, 1.82) is 0 Å². The molecule has 0 saturated heterocycles. The summed E-state index contributed by atoms with van der Waals surface area (Å²) < 4.78 is 2.64. The van der Waals surface area contributed by atoms with E-state index in [0.29, 0.717) is 11.0 Å². The summed E-state index contributed by atoms with van der Waals surface area (Å²) in [6.45, 7) is 2.57. The van der Waals surface area contributed by atoms with Crippen LogP contribution in [0.5, 0.6) is 0 Å². The molecule has 1 N–H and O–H groups in total. The van der Waals surface area contributed by atoms with Crippen molar-refractivity contribution >= 4 is 59.2 Å². The van der Waals surface area contributed by atoms with E-state index in [1.54, 1.807) is 6.07 Å². The van der Waals surface area contributed by atoms with E-state index in [9.17, 15) is 10.1 Å². The molecular weight excluding hydrogens is 468 g/mol. The molecule has 110 valence electrons. The molecule has 21 heavy (non-hydrogen) atoms. The number of rotatable bonds is 4. The highest BCUT2D eigenvalue weighted by Crippen LogP contribution is 2.33. The molecule has 0 atom stereocenters. The Bertz CT molecular complexity index is 682. The van der Waals surface area contributed by atoms with Gasteiger partial charge in [0.1, 0.15) is 0 Å². The summed E-state index contributed by atoms with van der Waals surface area (Å²) in [7, 11) is 0. The minimum atomic E-state index is -0.408. The largest absolute Gasteiger partial charge is 0.379 e. The number of non-ortho nitro benzene ring substituents is 1. The van der Waals surface area contributed by atoms with Crippen LogP contribution in [0.4, 0.5) is 11.4 Å². The Labute approximate surface area is 147 Å². The van der Waals surface area contributed by atoms with E-state index in [0.717, 1.165) is 25.8 Å². The summed E-state index contributed by atoms with van der Waals surface area (Å²) in [4.78, 5) is 10.3. The van der Waals surface area contributed by atoms with Gasteiger partial charge in [-0.15, -0.1) is 0 Å². The van der Waals surface area contributed by atoms with Crippen LogP contribution in [0.2, 0.25) is 0 Å². The van der Waals surface area contributed by atoms with Gasteiger partial charge in [-0.1, -0.05) is 15.9 Å². The molecule has 0 aliphatic rings. The van der Waals surface area contributed by atoms with E-state index in [1.165, 1.54) is 12.1 Å². The molecule has 7 heteroatoms. The molecule has 0 aromatic heterocycles. The molecule has 0 spiro atoms. The Balaban J connectivity index is 2.19. The van der Waals surface area contributed by atoms with Crippen LogP contribution in [0.25, 0.3) is 0 Å². The lowest BCUT2D eigenvalue weighted by Crippen LogP contribution is -2.02. The summed E-state index contributed by atoms with van der Waals surface area (Å²) in [5.74, 6) is 0. The van der Waals surface area contributed by atoms with Crippen LogP contribution in [-0.4, -0.2) is 4.92 Å². The van der Waals surface area contributed by atoms with Gasteiger partial charge in [-0.3, -0.25) is 10.1 Å². The Morgan fingerprint density at radius 2 is 1.71 bits per heavy atom. The Kier molecular flexibility index (Phi) is 5.40. The van der Waals surface area contributed by atoms with Crippen LogP contribution in [0.1, 0.15) is 11.1 Å². The summed E-state index contributed by atoms with van der Waals surface area (Å²) in [5, 5.41) is 14.0. The molecule has 0 amide bonds. The van der Waals surface area contributed by atoms with Gasteiger partial charge in [-0.25, -0.2) is 0 Å². The predicted molar refractivity (Wildman–Crippen MR) is 94.7 cm³/mol. The SMILES string of the molecule is Cc1cc(Br)c(NCc2ccc([N+](=O)[O-])cc2Br)c(Br)c1. The van der Waals surface area contributed by atoms with Crippen molar-refractivity contribution in [2.75, 3.05) is 5.32 Å². The van der Waals surface area contributed by atoms with Gasteiger partial charge in [0.25, 0.3) is 5.69 Å². The number of hydrogen-bond donors (Lipinski definition) is 1. The summed E-state index contributed by atoms with van der Waals surface area (Å²) >= 11 is 10.4. The Morgan fingerprint density at radius 1 is 1.10 bits per heavy atom. The summed E-state index contributed by atoms with van der Waals surface area (Å²) in [6.07, 6.45) is 0. The molecule has 0 aliphatic carbocycles. The second kappa shape index (κ2) is 6.89. The average molecular weight is 479 g/mol. The molecule has 4 nitrogen and oxygen atoms in total. The first-order chi connectivity index (χ1) is 9.88. The number of nitro groups is 1. The van der Waals surface area contributed by atoms with E-state index in [4.69, 9.17) is 0 Å². The van der Waals surface area contributed by atoms with E-state index in [2.05, 4.69) is 53.1 Å². The fourth-order valence-electron chi connectivity index (χ4n) is 1.85. The molecule has 2 rings (SSSR count). The smallest absolute Gasteiger partial charge is 0.270 e. The summed E-state index contributed by atoms with van der Waals surface area (Å²) in [5.41, 5.74) is 3.12. The first-order valence-electron chi connectivity index (χ1n) is 6.01. The van der Waals surface area contributed by atoms with E-state index in [1.807, 2.05) is 19.1 Å². The molecule has 0 heterocycles. The number of nitrogens with one attached hydrogen (secondary N) is 1. The Morgan fingerprint density at radius 3 is 2.24 bits per heavy atom. The van der Waals surface area contributed by atoms with E-state index in [-0.39, 0.29) is 5.69 Å². The fourth-order valence-corrected chi connectivity index (χ4v) is 4.05. The minimum absolute atomic E-state index is 0.0725. The maximum absolute atomic E-state index is 10.7. The zero-order valence-electron chi connectivity index (χ0n) is 11.0. The monoisotopic (exact) mass is 476 g/mol. The number of nitrogens with zero attached hydrogens (tertiary/aromatic N) is 1. The van der Waals surface area contributed by atoms with Crippen molar-refractivity contribution < 1.29 is 4.92 Å². The second-order valence-electron chi connectivity index (χ2n) is 4.49. The maximum atomic E-state index is 10.7. The average Bonchev–Trinajstić information content (AvgIpc) is 2.38. The lowest BCUT2D eigenvalue weighted by atomic mass is 10.2. The van der Waals surface area contributed by atoms with Crippen LogP contribution < -0.4 is 5.32 Å². The second-order valence-corrected chi connectivity index (χ2v) is 7.05. The fraction of sp³-hybridized carbons (Fsp3) is 0.143. The summed E-state index contributed by atoms with van der Waals surface area (Å²) in [6, 6.07) is 8.80. The molecule has 0 fully saturated rings. The van der Waals surface area contributed by atoms with Crippen LogP contribution in [0.3, 0.4) is 0 Å². The number of anilines is 1. The van der Waals surface area contributed by atoms with E-state index >= 15 is 0 Å². The number of hydrogen-bond acceptors (Lipinski definition) is 3. The highest BCUT2D eigenvalue weighted by molar-refractivity contribution is 9.11. The first-order valence-corrected chi connectivity index (χ1v) is 8.38. The van der Waals surface area contributed by atoms with Gasteiger partial charge in [0.05, 0.1) is 10.6 Å². The van der Waals surface area contributed by atoms with Crippen LogP contribution >= 0.6 is 47.8 Å². The zero-order valence-corrected chi connectivity index (χ0v) is 15.7.